The van der Waals surface area contributed by atoms with Gasteiger partial charge in [-0.3, -0.25) is 9.59 Å². The summed E-state index contributed by atoms with van der Waals surface area (Å²) in [5.74, 6) is -0.872. The van der Waals surface area contributed by atoms with Gasteiger partial charge >= 0.3 is 0 Å². The highest BCUT2D eigenvalue weighted by molar-refractivity contribution is 6.04. The molecular weight excluding hydrogens is 224 g/mol. The van der Waals surface area contributed by atoms with Crippen molar-refractivity contribution >= 4 is 11.8 Å². The Kier molecular flexibility index (Phi) is 1.82. The fraction of sp³-hybridized carbons (Fsp3) is 0.636. The van der Waals surface area contributed by atoms with Gasteiger partial charge in [-0.2, -0.15) is 0 Å². The molecule has 2 heterocycles. The monoisotopic (exact) mass is 238 g/mol. The van der Waals surface area contributed by atoms with Gasteiger partial charge in [0.25, 0.3) is 5.91 Å². The highest BCUT2D eigenvalue weighted by Crippen LogP contribution is 2.67. The van der Waals surface area contributed by atoms with E-state index in [1.807, 2.05) is 0 Å². The number of aliphatic hydroxyl groups is 1. The number of rotatable bonds is 3. The third kappa shape index (κ3) is 1.02. The van der Waals surface area contributed by atoms with Crippen LogP contribution in [0.1, 0.15) is 6.42 Å². The number of carbonyl (C=O) groups is 2. The number of amides is 2. The number of hydrogen-bond acceptors (Lipinski definition) is 4. The quantitative estimate of drug-likeness (QED) is 0.618. The van der Waals surface area contributed by atoms with Crippen molar-refractivity contribution in [2.45, 2.75) is 18.1 Å². The molecule has 17 heavy (non-hydrogen) atoms. The summed E-state index contributed by atoms with van der Waals surface area (Å²) in [6, 6.07) is -0.308. The minimum atomic E-state index is -1.41. The first-order valence-corrected chi connectivity index (χ1v) is 5.51. The van der Waals surface area contributed by atoms with E-state index in [9.17, 15) is 14.7 Å². The van der Waals surface area contributed by atoms with Crippen LogP contribution >= 0.6 is 0 Å². The van der Waals surface area contributed by atoms with E-state index in [2.05, 4.69) is 0 Å². The molecule has 1 saturated heterocycles. The SMILES string of the molecule is COC[C@@H]1C=C(C(N)=O)C23CN1C(=O)C2(O)C3. The lowest BCUT2D eigenvalue weighted by atomic mass is 9.89. The molecule has 0 aromatic carbocycles. The van der Waals surface area contributed by atoms with Gasteiger partial charge in [0, 0.05) is 25.6 Å². The number of piperidine rings is 1. The van der Waals surface area contributed by atoms with Crippen LogP contribution in [0.4, 0.5) is 0 Å². The number of nitrogens with zero attached hydrogens (tertiary/aromatic N) is 1. The van der Waals surface area contributed by atoms with Gasteiger partial charge in [-0.05, 0) is 0 Å². The van der Waals surface area contributed by atoms with Gasteiger partial charge in [0.15, 0.2) is 5.60 Å². The molecule has 2 unspecified atom stereocenters. The van der Waals surface area contributed by atoms with E-state index in [1.54, 1.807) is 11.0 Å². The molecule has 1 spiro atoms. The smallest absolute Gasteiger partial charge is 0.256 e. The molecule has 2 bridgehead atoms. The molecule has 0 aromatic heterocycles. The summed E-state index contributed by atoms with van der Waals surface area (Å²) in [6.45, 7) is 0.666. The Labute approximate surface area is 98.0 Å². The van der Waals surface area contributed by atoms with Crippen LogP contribution in [-0.2, 0) is 14.3 Å². The molecule has 1 saturated carbocycles. The lowest BCUT2D eigenvalue weighted by Gasteiger charge is -2.32. The second-order valence-corrected chi connectivity index (χ2v) is 5.02. The van der Waals surface area contributed by atoms with Crippen LogP contribution in [0.3, 0.4) is 0 Å². The Morgan fingerprint density at radius 2 is 2.47 bits per heavy atom. The van der Waals surface area contributed by atoms with Crippen LogP contribution in [0, 0.1) is 5.41 Å². The normalized spacial score (nSPS) is 42.2. The number of carbonyl (C=O) groups excluding carboxylic acids is 2. The summed E-state index contributed by atoms with van der Waals surface area (Å²) in [6.07, 6.45) is 1.97. The molecule has 0 aromatic rings. The van der Waals surface area contributed by atoms with Crippen molar-refractivity contribution in [3.8, 4) is 0 Å². The number of hydrogen-bond donors (Lipinski definition) is 2. The maximum absolute atomic E-state index is 12.0. The maximum Gasteiger partial charge on any atom is 0.256 e. The van der Waals surface area contributed by atoms with E-state index in [0.717, 1.165) is 0 Å². The third-order valence-corrected chi connectivity index (χ3v) is 4.16. The Morgan fingerprint density at radius 3 is 3.06 bits per heavy atom. The van der Waals surface area contributed by atoms with Gasteiger partial charge in [-0.15, -0.1) is 0 Å². The van der Waals surface area contributed by atoms with Crippen LogP contribution in [0.5, 0.6) is 0 Å². The summed E-state index contributed by atoms with van der Waals surface area (Å²) in [4.78, 5) is 25.0. The van der Waals surface area contributed by atoms with Crippen LogP contribution in [-0.4, -0.2) is 53.7 Å². The van der Waals surface area contributed by atoms with Gasteiger partial charge < -0.3 is 20.5 Å². The van der Waals surface area contributed by atoms with Crippen molar-refractivity contribution in [2.75, 3.05) is 20.3 Å². The first-order valence-electron chi connectivity index (χ1n) is 5.51. The van der Waals surface area contributed by atoms with Gasteiger partial charge in [0.05, 0.1) is 18.1 Å². The summed E-state index contributed by atoms with van der Waals surface area (Å²) >= 11 is 0. The Hall–Kier alpha value is -1.40. The van der Waals surface area contributed by atoms with E-state index in [4.69, 9.17) is 10.5 Å². The van der Waals surface area contributed by atoms with Crippen LogP contribution in [0.15, 0.2) is 11.6 Å². The van der Waals surface area contributed by atoms with Crippen molar-refractivity contribution < 1.29 is 19.4 Å². The van der Waals surface area contributed by atoms with Crippen molar-refractivity contribution in [1.82, 2.24) is 4.90 Å². The van der Waals surface area contributed by atoms with Gasteiger partial charge in [-0.1, -0.05) is 6.08 Å². The van der Waals surface area contributed by atoms with Crippen molar-refractivity contribution in [3.63, 3.8) is 0 Å². The van der Waals surface area contributed by atoms with Crippen LogP contribution < -0.4 is 5.73 Å². The van der Waals surface area contributed by atoms with Gasteiger partial charge in [0.1, 0.15) is 0 Å². The molecule has 1 aliphatic carbocycles. The summed E-state index contributed by atoms with van der Waals surface area (Å²) in [5.41, 5.74) is 3.56. The molecule has 3 rings (SSSR count). The number of primary amides is 1. The number of ether oxygens (including phenoxy) is 1. The van der Waals surface area contributed by atoms with Crippen LogP contribution in [0.2, 0.25) is 0 Å². The number of methoxy groups -OCH3 is 1. The Morgan fingerprint density at radius 1 is 1.76 bits per heavy atom. The predicted octanol–water partition coefficient (Wildman–Crippen LogP) is -1.61. The van der Waals surface area contributed by atoms with Crippen LogP contribution in [0.25, 0.3) is 0 Å². The highest BCUT2D eigenvalue weighted by Gasteiger charge is 2.81. The fourth-order valence-corrected chi connectivity index (χ4v) is 3.20. The van der Waals surface area contributed by atoms with E-state index >= 15 is 0 Å². The fourth-order valence-electron chi connectivity index (χ4n) is 3.20. The largest absolute Gasteiger partial charge is 0.382 e. The zero-order valence-corrected chi connectivity index (χ0v) is 9.47. The van der Waals surface area contributed by atoms with E-state index in [1.165, 1.54) is 7.11 Å². The van der Waals surface area contributed by atoms with E-state index in [-0.39, 0.29) is 11.9 Å². The summed E-state index contributed by atoms with van der Waals surface area (Å²) in [5, 5.41) is 10.2. The minimum absolute atomic E-state index is 0.300. The lowest BCUT2D eigenvalue weighted by molar-refractivity contribution is -0.140. The topological polar surface area (TPSA) is 92.9 Å². The highest BCUT2D eigenvalue weighted by atomic mass is 16.5. The maximum atomic E-state index is 12.0. The molecule has 2 fully saturated rings. The molecular formula is C11H14N2O4. The second kappa shape index (κ2) is 2.88. The summed E-state index contributed by atoms with van der Waals surface area (Å²) < 4.78 is 5.02. The average Bonchev–Trinajstić information content (AvgIpc) is 2.81. The van der Waals surface area contributed by atoms with E-state index < -0.39 is 16.9 Å². The lowest BCUT2D eigenvalue weighted by Crippen LogP contribution is -2.45. The average molecular weight is 238 g/mol. The minimum Gasteiger partial charge on any atom is -0.382 e. The zero-order chi connectivity index (χ0) is 12.4. The number of nitrogens with two attached hydrogens (primary N) is 1. The molecule has 92 valence electrons. The first-order chi connectivity index (χ1) is 7.96. The van der Waals surface area contributed by atoms with Crippen molar-refractivity contribution in [2.24, 2.45) is 11.1 Å². The standard InChI is InChI=1S/C11H14N2O4/c1-17-3-6-2-7(8(12)14)10-4-11(10,16)9(15)13(6)5-10/h2,6,16H,3-5H2,1H3,(H2,12,14)/t6-,10?,11?/m0/s1. The zero-order valence-electron chi connectivity index (χ0n) is 9.47. The molecule has 3 aliphatic rings. The second-order valence-electron chi connectivity index (χ2n) is 5.02. The molecule has 3 N–H and O–H groups in total. The Bertz CT molecular complexity index is 460. The number of fused-ring (bicyclic) bond motifs is 1. The molecule has 6 heteroatoms. The van der Waals surface area contributed by atoms with Gasteiger partial charge in [-0.25, -0.2) is 0 Å². The van der Waals surface area contributed by atoms with Gasteiger partial charge in [0.2, 0.25) is 5.91 Å². The predicted molar refractivity (Wildman–Crippen MR) is 56.7 cm³/mol. The van der Waals surface area contributed by atoms with Crippen molar-refractivity contribution in [1.29, 1.82) is 0 Å². The molecule has 3 atom stereocenters. The first kappa shape index (κ1) is 10.7. The van der Waals surface area contributed by atoms with E-state index in [0.29, 0.717) is 25.1 Å². The third-order valence-electron chi connectivity index (χ3n) is 4.16. The van der Waals surface area contributed by atoms with Crippen molar-refractivity contribution in [3.05, 3.63) is 11.6 Å². The molecule has 2 amide bonds. The molecule has 6 nitrogen and oxygen atoms in total. The Balaban J connectivity index is 2.06. The molecule has 0 radical (unpaired) electrons. The molecule has 2 aliphatic heterocycles. The summed E-state index contributed by atoms with van der Waals surface area (Å²) in [7, 11) is 1.53.